The first-order chi connectivity index (χ1) is 9.08. The SMILES string of the molecule is O=[N+]([O-])C(=Cc1cc(F)ccc1F)c1ccccc1. The standard InChI is InChI=1S/C14H9F2NO2/c15-12-6-7-13(16)11(8-12)9-14(17(18)19)10-4-2-1-3-5-10/h1-9H. The quantitative estimate of drug-likeness (QED) is 0.480. The van der Waals surface area contributed by atoms with Gasteiger partial charge in [0.15, 0.2) is 0 Å². The van der Waals surface area contributed by atoms with Crippen LogP contribution in [0.1, 0.15) is 11.1 Å². The van der Waals surface area contributed by atoms with Crippen molar-refractivity contribution in [1.82, 2.24) is 0 Å². The van der Waals surface area contributed by atoms with Crippen LogP contribution in [0.3, 0.4) is 0 Å². The van der Waals surface area contributed by atoms with E-state index in [0.29, 0.717) is 5.56 Å². The zero-order valence-electron chi connectivity index (χ0n) is 9.72. The molecule has 0 aliphatic carbocycles. The summed E-state index contributed by atoms with van der Waals surface area (Å²) in [6.45, 7) is 0. The lowest BCUT2D eigenvalue weighted by Crippen LogP contribution is -1.98. The Balaban J connectivity index is 2.54. The van der Waals surface area contributed by atoms with Crippen molar-refractivity contribution in [2.75, 3.05) is 0 Å². The predicted molar refractivity (Wildman–Crippen MR) is 67.7 cm³/mol. The van der Waals surface area contributed by atoms with E-state index < -0.39 is 16.6 Å². The first kappa shape index (κ1) is 12.9. The van der Waals surface area contributed by atoms with Gasteiger partial charge >= 0.3 is 0 Å². The molecule has 2 aromatic carbocycles. The minimum absolute atomic E-state index is 0.157. The Labute approximate surface area is 108 Å². The molecule has 0 aliphatic heterocycles. The molecule has 0 radical (unpaired) electrons. The van der Waals surface area contributed by atoms with Gasteiger partial charge < -0.3 is 0 Å². The number of hydrogen-bond acceptors (Lipinski definition) is 2. The topological polar surface area (TPSA) is 43.1 Å². The van der Waals surface area contributed by atoms with Gasteiger partial charge in [0, 0.05) is 11.6 Å². The van der Waals surface area contributed by atoms with Gasteiger partial charge in [-0.25, -0.2) is 8.78 Å². The number of halogens is 2. The van der Waals surface area contributed by atoms with Crippen LogP contribution in [-0.2, 0) is 0 Å². The molecule has 0 heterocycles. The van der Waals surface area contributed by atoms with E-state index in [2.05, 4.69) is 0 Å². The maximum atomic E-state index is 13.5. The van der Waals surface area contributed by atoms with E-state index in [4.69, 9.17) is 0 Å². The van der Waals surface area contributed by atoms with Crippen molar-refractivity contribution in [3.63, 3.8) is 0 Å². The van der Waals surface area contributed by atoms with Gasteiger partial charge in [-0.1, -0.05) is 18.2 Å². The molecule has 0 saturated heterocycles. The molecule has 0 N–H and O–H groups in total. The lowest BCUT2D eigenvalue weighted by molar-refractivity contribution is -0.374. The minimum Gasteiger partial charge on any atom is -0.258 e. The fraction of sp³-hybridized carbons (Fsp3) is 0. The van der Waals surface area contributed by atoms with Crippen LogP contribution in [0, 0.1) is 21.7 Å². The maximum Gasteiger partial charge on any atom is 0.277 e. The van der Waals surface area contributed by atoms with Crippen molar-refractivity contribution in [2.45, 2.75) is 0 Å². The minimum atomic E-state index is -0.711. The molecule has 0 fully saturated rings. The van der Waals surface area contributed by atoms with Crippen molar-refractivity contribution >= 4 is 11.8 Å². The first-order valence-electron chi connectivity index (χ1n) is 5.44. The third-order valence-electron chi connectivity index (χ3n) is 2.52. The summed E-state index contributed by atoms with van der Waals surface area (Å²) < 4.78 is 26.5. The number of benzene rings is 2. The fourth-order valence-electron chi connectivity index (χ4n) is 1.62. The van der Waals surface area contributed by atoms with Gasteiger partial charge in [-0.05, 0) is 30.3 Å². The molecule has 96 valence electrons. The monoisotopic (exact) mass is 261 g/mol. The predicted octanol–water partition coefficient (Wildman–Crippen LogP) is 3.74. The zero-order chi connectivity index (χ0) is 13.8. The molecule has 3 nitrogen and oxygen atoms in total. The summed E-state index contributed by atoms with van der Waals surface area (Å²) in [5, 5.41) is 11.0. The number of rotatable bonds is 3. The fourth-order valence-corrected chi connectivity index (χ4v) is 1.62. The Bertz CT molecular complexity index is 639. The van der Waals surface area contributed by atoms with E-state index in [1.54, 1.807) is 18.2 Å². The lowest BCUT2D eigenvalue weighted by atomic mass is 10.1. The molecular formula is C14H9F2NO2. The number of nitrogens with zero attached hydrogens (tertiary/aromatic N) is 1. The highest BCUT2D eigenvalue weighted by Crippen LogP contribution is 2.20. The van der Waals surface area contributed by atoms with Gasteiger partial charge in [-0.15, -0.1) is 0 Å². The van der Waals surface area contributed by atoms with E-state index >= 15 is 0 Å². The van der Waals surface area contributed by atoms with Gasteiger partial charge in [0.1, 0.15) is 11.6 Å². The molecule has 0 saturated carbocycles. The van der Waals surface area contributed by atoms with Crippen molar-refractivity contribution < 1.29 is 13.7 Å². The van der Waals surface area contributed by atoms with Crippen LogP contribution in [0.25, 0.3) is 11.8 Å². The molecule has 0 atom stereocenters. The van der Waals surface area contributed by atoms with Crippen LogP contribution < -0.4 is 0 Å². The van der Waals surface area contributed by atoms with Gasteiger partial charge in [-0.2, -0.15) is 0 Å². The number of hydrogen-bond donors (Lipinski definition) is 0. The largest absolute Gasteiger partial charge is 0.277 e. The Morgan fingerprint density at radius 2 is 1.79 bits per heavy atom. The summed E-state index contributed by atoms with van der Waals surface area (Å²) in [6, 6.07) is 10.9. The van der Waals surface area contributed by atoms with Crippen molar-refractivity contribution in [3.8, 4) is 0 Å². The van der Waals surface area contributed by atoms with Crippen LogP contribution in [0.2, 0.25) is 0 Å². The third-order valence-corrected chi connectivity index (χ3v) is 2.52. The summed E-state index contributed by atoms with van der Waals surface area (Å²) in [5.74, 6) is -1.36. The Morgan fingerprint density at radius 1 is 1.11 bits per heavy atom. The van der Waals surface area contributed by atoms with E-state index in [1.807, 2.05) is 0 Å². The van der Waals surface area contributed by atoms with Crippen LogP contribution in [0.5, 0.6) is 0 Å². The summed E-state index contributed by atoms with van der Waals surface area (Å²) in [4.78, 5) is 10.4. The van der Waals surface area contributed by atoms with Crippen molar-refractivity contribution in [2.24, 2.45) is 0 Å². The Kier molecular flexibility index (Phi) is 3.66. The van der Waals surface area contributed by atoms with Crippen LogP contribution in [0.15, 0.2) is 48.5 Å². The highest BCUT2D eigenvalue weighted by molar-refractivity contribution is 5.76. The second-order valence-corrected chi connectivity index (χ2v) is 3.82. The number of nitro groups is 1. The normalized spacial score (nSPS) is 11.4. The average Bonchev–Trinajstić information content (AvgIpc) is 2.40. The highest BCUT2D eigenvalue weighted by atomic mass is 19.1. The summed E-state index contributed by atoms with van der Waals surface area (Å²) in [6.07, 6.45) is 1.02. The summed E-state index contributed by atoms with van der Waals surface area (Å²) >= 11 is 0. The van der Waals surface area contributed by atoms with Crippen LogP contribution >= 0.6 is 0 Å². The molecule has 0 spiro atoms. The van der Waals surface area contributed by atoms with Gasteiger partial charge in [0.05, 0.1) is 10.5 Å². The molecule has 0 unspecified atom stereocenters. The molecule has 2 aromatic rings. The highest BCUT2D eigenvalue weighted by Gasteiger charge is 2.15. The lowest BCUT2D eigenvalue weighted by Gasteiger charge is -2.00. The summed E-state index contributed by atoms with van der Waals surface area (Å²) in [5.41, 5.74) is -0.114. The van der Waals surface area contributed by atoms with E-state index in [1.165, 1.54) is 12.1 Å². The molecule has 0 aromatic heterocycles. The average molecular weight is 261 g/mol. The van der Waals surface area contributed by atoms with Crippen LogP contribution in [0.4, 0.5) is 8.78 Å². The van der Waals surface area contributed by atoms with Crippen LogP contribution in [-0.4, -0.2) is 4.92 Å². The summed E-state index contributed by atoms with van der Waals surface area (Å²) in [7, 11) is 0. The van der Waals surface area contributed by atoms with Gasteiger partial charge in [0.25, 0.3) is 5.70 Å². The molecule has 0 amide bonds. The second kappa shape index (κ2) is 5.39. The van der Waals surface area contributed by atoms with Crippen molar-refractivity contribution in [1.29, 1.82) is 0 Å². The maximum absolute atomic E-state index is 13.5. The van der Waals surface area contributed by atoms with E-state index in [-0.39, 0.29) is 11.3 Å². The van der Waals surface area contributed by atoms with E-state index in [9.17, 15) is 18.9 Å². The molecule has 2 rings (SSSR count). The molecule has 0 aliphatic rings. The van der Waals surface area contributed by atoms with Crippen molar-refractivity contribution in [3.05, 3.63) is 81.4 Å². The Morgan fingerprint density at radius 3 is 2.42 bits per heavy atom. The smallest absolute Gasteiger partial charge is 0.258 e. The Hall–Kier alpha value is -2.56. The third kappa shape index (κ3) is 3.01. The van der Waals surface area contributed by atoms with Gasteiger partial charge in [-0.3, -0.25) is 10.1 Å². The van der Waals surface area contributed by atoms with E-state index in [0.717, 1.165) is 24.3 Å². The molecule has 0 bridgehead atoms. The second-order valence-electron chi connectivity index (χ2n) is 3.82. The molecule has 5 heteroatoms. The molecular weight excluding hydrogens is 252 g/mol. The van der Waals surface area contributed by atoms with Gasteiger partial charge in [0.2, 0.25) is 0 Å². The first-order valence-corrected chi connectivity index (χ1v) is 5.44. The zero-order valence-corrected chi connectivity index (χ0v) is 9.72. The molecule has 19 heavy (non-hydrogen) atoms.